The van der Waals surface area contributed by atoms with Crippen LogP contribution in [0.1, 0.15) is 38.5 Å². The molecule has 2 N–H and O–H groups in total. The lowest BCUT2D eigenvalue weighted by Gasteiger charge is -2.43. The van der Waals surface area contributed by atoms with E-state index in [2.05, 4.69) is 10.6 Å². The Bertz CT molecular complexity index is 700. The molecule has 2 fully saturated rings. The second kappa shape index (κ2) is 11.2. The Morgan fingerprint density at radius 1 is 1.13 bits per heavy atom. The fraction of sp³-hybridized carbons (Fsp3) is 0.636. The van der Waals surface area contributed by atoms with Crippen molar-refractivity contribution >= 4 is 40.7 Å². The Kier molecular flexibility index (Phi) is 8.66. The predicted molar refractivity (Wildman–Crippen MR) is 120 cm³/mol. The molecule has 2 amide bonds. The number of hydrogen-bond acceptors (Lipinski definition) is 4. The average Bonchev–Trinajstić information content (AvgIpc) is 2.78. The SMILES string of the molecule is O=C(CCl)NCCCC1CCN(C(=O)C2(Nc3ccc(Cl)cc3)CCOCC2)CC1. The third kappa shape index (κ3) is 6.25. The topological polar surface area (TPSA) is 70.7 Å². The normalized spacial score (nSPS) is 19.3. The van der Waals surface area contributed by atoms with E-state index in [0.29, 0.717) is 43.5 Å². The van der Waals surface area contributed by atoms with Gasteiger partial charge in [-0.1, -0.05) is 11.6 Å². The number of nitrogens with zero attached hydrogens (tertiary/aromatic N) is 1. The van der Waals surface area contributed by atoms with E-state index in [1.807, 2.05) is 29.2 Å². The van der Waals surface area contributed by atoms with Gasteiger partial charge in [0.25, 0.3) is 0 Å². The highest BCUT2D eigenvalue weighted by atomic mass is 35.5. The molecule has 0 atom stereocenters. The highest BCUT2D eigenvalue weighted by Gasteiger charge is 2.43. The van der Waals surface area contributed by atoms with Crippen LogP contribution in [-0.4, -0.2) is 61.0 Å². The summed E-state index contributed by atoms with van der Waals surface area (Å²) in [4.78, 5) is 26.8. The lowest BCUT2D eigenvalue weighted by atomic mass is 9.85. The number of hydrogen-bond donors (Lipinski definition) is 2. The van der Waals surface area contributed by atoms with Crippen LogP contribution in [0.4, 0.5) is 5.69 Å². The van der Waals surface area contributed by atoms with Crippen molar-refractivity contribution in [2.24, 2.45) is 5.92 Å². The molecule has 3 rings (SSSR count). The van der Waals surface area contributed by atoms with Crippen LogP contribution in [0.15, 0.2) is 24.3 Å². The number of nitrogens with one attached hydrogen (secondary N) is 2. The van der Waals surface area contributed by atoms with Gasteiger partial charge in [0.1, 0.15) is 11.4 Å². The van der Waals surface area contributed by atoms with E-state index in [-0.39, 0.29) is 17.7 Å². The summed E-state index contributed by atoms with van der Waals surface area (Å²) in [5, 5.41) is 6.99. The molecule has 0 aliphatic carbocycles. The summed E-state index contributed by atoms with van der Waals surface area (Å²) in [5.74, 6) is 0.662. The summed E-state index contributed by atoms with van der Waals surface area (Å²) in [7, 11) is 0. The van der Waals surface area contributed by atoms with Crippen molar-refractivity contribution in [3.05, 3.63) is 29.3 Å². The van der Waals surface area contributed by atoms with Crippen molar-refractivity contribution < 1.29 is 14.3 Å². The summed E-state index contributed by atoms with van der Waals surface area (Å²) in [6.45, 7) is 3.39. The molecule has 0 spiro atoms. The van der Waals surface area contributed by atoms with Crippen molar-refractivity contribution in [3.8, 4) is 0 Å². The molecule has 0 radical (unpaired) electrons. The van der Waals surface area contributed by atoms with Gasteiger partial charge in [-0.25, -0.2) is 0 Å². The van der Waals surface area contributed by atoms with Gasteiger partial charge in [-0.15, -0.1) is 11.6 Å². The Morgan fingerprint density at radius 2 is 1.80 bits per heavy atom. The Balaban J connectivity index is 1.53. The van der Waals surface area contributed by atoms with Crippen LogP contribution in [-0.2, 0) is 14.3 Å². The second-order valence-electron chi connectivity index (χ2n) is 8.19. The van der Waals surface area contributed by atoms with E-state index >= 15 is 0 Å². The molecule has 30 heavy (non-hydrogen) atoms. The number of benzene rings is 1. The Labute approximate surface area is 188 Å². The van der Waals surface area contributed by atoms with E-state index in [1.54, 1.807) is 0 Å². The number of halogens is 2. The summed E-state index contributed by atoms with van der Waals surface area (Å²) < 4.78 is 5.55. The lowest BCUT2D eigenvalue weighted by molar-refractivity contribution is -0.140. The average molecular weight is 456 g/mol. The van der Waals surface area contributed by atoms with Crippen LogP contribution in [0.25, 0.3) is 0 Å². The zero-order valence-corrected chi connectivity index (χ0v) is 18.8. The number of piperidine rings is 1. The fourth-order valence-electron chi connectivity index (χ4n) is 4.31. The van der Waals surface area contributed by atoms with Gasteiger partial charge in [-0.05, 0) is 55.9 Å². The van der Waals surface area contributed by atoms with Gasteiger partial charge in [0.2, 0.25) is 11.8 Å². The van der Waals surface area contributed by atoms with Crippen LogP contribution in [0.2, 0.25) is 5.02 Å². The van der Waals surface area contributed by atoms with Gasteiger partial charge in [-0.2, -0.15) is 0 Å². The largest absolute Gasteiger partial charge is 0.381 e. The minimum Gasteiger partial charge on any atom is -0.381 e. The summed E-state index contributed by atoms with van der Waals surface area (Å²) in [6, 6.07) is 7.51. The van der Waals surface area contributed by atoms with Gasteiger partial charge in [0, 0.05) is 56.4 Å². The number of alkyl halides is 1. The maximum atomic E-state index is 13.5. The monoisotopic (exact) mass is 455 g/mol. The Morgan fingerprint density at radius 3 is 2.43 bits per heavy atom. The second-order valence-corrected chi connectivity index (χ2v) is 8.89. The number of amides is 2. The third-order valence-electron chi connectivity index (χ3n) is 6.12. The number of anilines is 1. The molecule has 1 aromatic carbocycles. The molecule has 1 aromatic rings. The van der Waals surface area contributed by atoms with E-state index in [9.17, 15) is 9.59 Å². The minimum absolute atomic E-state index is 0.0113. The molecule has 2 aliphatic rings. The fourth-order valence-corrected chi connectivity index (χ4v) is 4.54. The first-order valence-corrected chi connectivity index (χ1v) is 11.7. The zero-order chi connectivity index (χ0) is 21.4. The maximum Gasteiger partial charge on any atom is 0.248 e. The first-order chi connectivity index (χ1) is 14.5. The summed E-state index contributed by atoms with van der Waals surface area (Å²) in [6.07, 6.45) is 5.34. The smallest absolute Gasteiger partial charge is 0.248 e. The van der Waals surface area contributed by atoms with Crippen molar-refractivity contribution in [2.75, 3.05) is 44.0 Å². The number of ether oxygens (including phenoxy) is 1. The number of carbonyl (C=O) groups is 2. The van der Waals surface area contributed by atoms with Crippen LogP contribution in [0, 0.1) is 5.92 Å². The summed E-state index contributed by atoms with van der Waals surface area (Å²) >= 11 is 11.5. The molecule has 0 aromatic heterocycles. The molecule has 0 unspecified atom stereocenters. The standard InChI is InChI=1S/C22H31Cl2N3O3/c23-16-20(28)25-11-1-2-17-7-12-27(13-8-17)21(29)22(9-14-30-15-10-22)26-19-5-3-18(24)4-6-19/h3-6,17,26H,1-2,7-16H2,(H,25,28). The quantitative estimate of drug-likeness (QED) is 0.463. The van der Waals surface area contributed by atoms with E-state index in [0.717, 1.165) is 44.5 Å². The van der Waals surface area contributed by atoms with Crippen LogP contribution >= 0.6 is 23.2 Å². The van der Waals surface area contributed by atoms with Gasteiger partial charge < -0.3 is 20.3 Å². The van der Waals surface area contributed by atoms with Crippen molar-refractivity contribution in [1.29, 1.82) is 0 Å². The molecule has 2 heterocycles. The highest BCUT2D eigenvalue weighted by Crippen LogP contribution is 2.31. The molecule has 0 saturated carbocycles. The third-order valence-corrected chi connectivity index (χ3v) is 6.61. The zero-order valence-electron chi connectivity index (χ0n) is 17.3. The van der Waals surface area contributed by atoms with Crippen LogP contribution < -0.4 is 10.6 Å². The molecule has 0 bridgehead atoms. The lowest BCUT2D eigenvalue weighted by Crippen LogP contribution is -2.58. The molecule has 6 nitrogen and oxygen atoms in total. The number of rotatable bonds is 8. The van der Waals surface area contributed by atoms with Crippen molar-refractivity contribution in [1.82, 2.24) is 10.2 Å². The molecule has 166 valence electrons. The highest BCUT2D eigenvalue weighted by molar-refractivity contribution is 6.30. The first-order valence-electron chi connectivity index (χ1n) is 10.8. The number of carbonyl (C=O) groups excluding carboxylic acids is 2. The molecular weight excluding hydrogens is 425 g/mol. The van der Waals surface area contributed by atoms with Crippen molar-refractivity contribution in [2.45, 2.75) is 44.1 Å². The molecule has 2 aliphatic heterocycles. The van der Waals surface area contributed by atoms with Gasteiger partial charge in [0.05, 0.1) is 0 Å². The minimum atomic E-state index is -0.620. The van der Waals surface area contributed by atoms with Gasteiger partial charge in [-0.3, -0.25) is 9.59 Å². The predicted octanol–water partition coefficient (Wildman–Crippen LogP) is 3.67. The first kappa shape index (κ1) is 23.2. The van der Waals surface area contributed by atoms with E-state index < -0.39 is 5.54 Å². The van der Waals surface area contributed by atoms with Gasteiger partial charge in [0.15, 0.2) is 0 Å². The summed E-state index contributed by atoms with van der Waals surface area (Å²) in [5.41, 5.74) is 0.286. The Hall–Kier alpha value is -1.50. The number of likely N-dealkylation sites (tertiary alicyclic amines) is 1. The molecular formula is C22H31Cl2N3O3. The van der Waals surface area contributed by atoms with Gasteiger partial charge >= 0.3 is 0 Å². The van der Waals surface area contributed by atoms with E-state index in [1.165, 1.54) is 0 Å². The van der Waals surface area contributed by atoms with Crippen LogP contribution in [0.5, 0.6) is 0 Å². The maximum absolute atomic E-state index is 13.5. The van der Waals surface area contributed by atoms with Crippen LogP contribution in [0.3, 0.4) is 0 Å². The molecule has 8 heteroatoms. The van der Waals surface area contributed by atoms with E-state index in [4.69, 9.17) is 27.9 Å². The van der Waals surface area contributed by atoms with Crippen molar-refractivity contribution in [3.63, 3.8) is 0 Å². The molecule has 2 saturated heterocycles.